The number of benzene rings is 1. The zero-order chi connectivity index (χ0) is 18.2. The maximum absolute atomic E-state index is 11.8. The van der Waals surface area contributed by atoms with Crippen LogP contribution in [0.25, 0.3) is 0 Å². The van der Waals surface area contributed by atoms with E-state index in [0.29, 0.717) is 16.9 Å². The zero-order valence-electron chi connectivity index (χ0n) is 15.5. The molecular formula is C18H28ClIN4O2. The van der Waals surface area contributed by atoms with Crippen LogP contribution in [-0.2, 0) is 9.53 Å². The molecule has 0 bridgehead atoms. The van der Waals surface area contributed by atoms with Crippen LogP contribution >= 0.6 is 35.6 Å². The summed E-state index contributed by atoms with van der Waals surface area (Å²) in [5.74, 6) is 1.07. The summed E-state index contributed by atoms with van der Waals surface area (Å²) in [6.45, 7) is 4.51. The van der Waals surface area contributed by atoms with E-state index in [9.17, 15) is 4.79 Å². The van der Waals surface area contributed by atoms with Gasteiger partial charge in [-0.1, -0.05) is 23.7 Å². The molecule has 1 aliphatic rings. The molecule has 2 rings (SSSR count). The molecule has 2 N–H and O–H groups in total. The minimum Gasteiger partial charge on any atom is -0.381 e. The number of hydrogen-bond donors (Lipinski definition) is 2. The predicted octanol–water partition coefficient (Wildman–Crippen LogP) is 2.68. The maximum Gasteiger partial charge on any atom is 0.243 e. The van der Waals surface area contributed by atoms with E-state index in [1.54, 1.807) is 14.1 Å². The summed E-state index contributed by atoms with van der Waals surface area (Å²) >= 11 is 5.95. The molecule has 6 nitrogen and oxygen atoms in total. The van der Waals surface area contributed by atoms with Crippen LogP contribution < -0.4 is 10.6 Å². The number of likely N-dealkylation sites (N-methyl/N-ethyl adjacent to an activating group) is 1. The van der Waals surface area contributed by atoms with Crippen molar-refractivity contribution in [3.63, 3.8) is 0 Å². The predicted molar refractivity (Wildman–Crippen MR) is 116 cm³/mol. The quantitative estimate of drug-likeness (QED) is 0.363. The standard InChI is InChI=1S/C18H27ClN4O2.HI/c1-13(15-4-6-16(19)7-5-15)22-18(21-11-17(24)23(2)3)20-10-14-8-9-25-12-14;/h4-7,13-14H,8-12H2,1-3H3,(H2,20,21,22);1H. The molecular weight excluding hydrogens is 467 g/mol. The molecule has 0 aliphatic carbocycles. The first-order chi connectivity index (χ1) is 12.0. The number of nitrogens with one attached hydrogen (secondary N) is 2. The lowest BCUT2D eigenvalue weighted by atomic mass is 10.1. The summed E-state index contributed by atoms with van der Waals surface area (Å²) in [4.78, 5) is 17.8. The van der Waals surface area contributed by atoms with E-state index in [1.807, 2.05) is 31.2 Å². The Morgan fingerprint density at radius 1 is 1.38 bits per heavy atom. The van der Waals surface area contributed by atoms with Crippen LogP contribution in [0.4, 0.5) is 0 Å². The van der Waals surface area contributed by atoms with Crippen LogP contribution in [0.2, 0.25) is 5.02 Å². The molecule has 2 unspecified atom stereocenters. The summed E-state index contributed by atoms with van der Waals surface area (Å²) < 4.78 is 5.41. The summed E-state index contributed by atoms with van der Waals surface area (Å²) in [5, 5.41) is 7.39. The van der Waals surface area contributed by atoms with Gasteiger partial charge in [-0.2, -0.15) is 0 Å². The van der Waals surface area contributed by atoms with Gasteiger partial charge in [-0.05, 0) is 31.0 Å². The van der Waals surface area contributed by atoms with Gasteiger partial charge in [-0.15, -0.1) is 24.0 Å². The second-order valence-corrected chi connectivity index (χ2v) is 6.92. The summed E-state index contributed by atoms with van der Waals surface area (Å²) in [6, 6.07) is 7.73. The number of hydrogen-bond acceptors (Lipinski definition) is 3. The number of ether oxygens (including phenoxy) is 1. The highest BCUT2D eigenvalue weighted by atomic mass is 127. The number of guanidine groups is 1. The number of carbonyl (C=O) groups excluding carboxylic acids is 1. The largest absolute Gasteiger partial charge is 0.381 e. The maximum atomic E-state index is 11.8. The van der Waals surface area contributed by atoms with Crippen LogP contribution in [-0.4, -0.2) is 57.2 Å². The zero-order valence-corrected chi connectivity index (χ0v) is 18.6. The van der Waals surface area contributed by atoms with E-state index in [0.717, 1.165) is 31.7 Å². The van der Waals surface area contributed by atoms with Crippen molar-refractivity contribution in [2.45, 2.75) is 19.4 Å². The average Bonchev–Trinajstić information content (AvgIpc) is 3.10. The van der Waals surface area contributed by atoms with Crippen molar-refractivity contribution >= 4 is 47.4 Å². The fraction of sp³-hybridized carbons (Fsp3) is 0.556. The van der Waals surface area contributed by atoms with Gasteiger partial charge in [0.2, 0.25) is 5.91 Å². The second-order valence-electron chi connectivity index (χ2n) is 6.48. The number of halogens is 2. The van der Waals surface area contributed by atoms with E-state index < -0.39 is 0 Å². The minimum atomic E-state index is -0.0376. The van der Waals surface area contributed by atoms with Crippen LogP contribution in [0.15, 0.2) is 29.3 Å². The molecule has 1 aliphatic heterocycles. The average molecular weight is 495 g/mol. The molecule has 26 heavy (non-hydrogen) atoms. The Labute approximate surface area is 177 Å². The van der Waals surface area contributed by atoms with Crippen LogP contribution in [0, 0.1) is 5.92 Å². The highest BCUT2D eigenvalue weighted by Crippen LogP contribution is 2.16. The van der Waals surface area contributed by atoms with Crippen molar-refractivity contribution in [1.82, 2.24) is 15.5 Å². The van der Waals surface area contributed by atoms with Crippen LogP contribution in [0.1, 0.15) is 24.9 Å². The van der Waals surface area contributed by atoms with E-state index in [4.69, 9.17) is 16.3 Å². The van der Waals surface area contributed by atoms with Crippen LogP contribution in [0.5, 0.6) is 0 Å². The Hall–Kier alpha value is -1.06. The van der Waals surface area contributed by atoms with Gasteiger partial charge < -0.3 is 20.3 Å². The summed E-state index contributed by atoms with van der Waals surface area (Å²) in [7, 11) is 3.45. The molecule has 146 valence electrons. The van der Waals surface area contributed by atoms with Gasteiger partial charge in [0.1, 0.15) is 6.54 Å². The molecule has 2 atom stereocenters. The Balaban J connectivity index is 0.00000338. The molecule has 1 saturated heterocycles. The normalized spacial score (nSPS) is 18.0. The minimum absolute atomic E-state index is 0. The first kappa shape index (κ1) is 23.0. The Morgan fingerprint density at radius 3 is 2.65 bits per heavy atom. The Bertz CT molecular complexity index is 589. The second kappa shape index (κ2) is 11.6. The highest BCUT2D eigenvalue weighted by molar-refractivity contribution is 14.0. The topological polar surface area (TPSA) is 66.0 Å². The lowest BCUT2D eigenvalue weighted by Crippen LogP contribution is -2.42. The first-order valence-electron chi connectivity index (χ1n) is 8.54. The molecule has 1 aromatic carbocycles. The number of nitrogens with zero attached hydrogens (tertiary/aromatic N) is 2. The molecule has 0 radical (unpaired) electrons. The Kier molecular flexibility index (Phi) is 10.3. The molecule has 0 saturated carbocycles. The third-order valence-corrected chi connectivity index (χ3v) is 4.43. The van der Waals surface area contributed by atoms with Crippen molar-refractivity contribution < 1.29 is 9.53 Å². The van der Waals surface area contributed by atoms with Crippen molar-refractivity contribution in [3.8, 4) is 0 Å². The van der Waals surface area contributed by atoms with Crippen molar-refractivity contribution in [2.24, 2.45) is 10.9 Å². The number of aliphatic imine (C=N–C) groups is 1. The van der Waals surface area contributed by atoms with Gasteiger partial charge in [0, 0.05) is 38.2 Å². The number of amides is 1. The lowest BCUT2D eigenvalue weighted by Gasteiger charge is -2.20. The van der Waals surface area contributed by atoms with Crippen LogP contribution in [0.3, 0.4) is 0 Å². The monoisotopic (exact) mass is 494 g/mol. The van der Waals surface area contributed by atoms with Gasteiger partial charge in [0.25, 0.3) is 0 Å². The lowest BCUT2D eigenvalue weighted by molar-refractivity contribution is -0.127. The third kappa shape index (κ3) is 7.67. The van der Waals surface area contributed by atoms with Gasteiger partial charge in [0.15, 0.2) is 5.96 Å². The molecule has 1 aromatic rings. The summed E-state index contributed by atoms with van der Waals surface area (Å²) in [6.07, 6.45) is 1.05. The first-order valence-corrected chi connectivity index (χ1v) is 8.91. The fourth-order valence-corrected chi connectivity index (χ4v) is 2.59. The van der Waals surface area contributed by atoms with E-state index in [2.05, 4.69) is 15.6 Å². The van der Waals surface area contributed by atoms with E-state index in [1.165, 1.54) is 4.90 Å². The molecule has 1 heterocycles. The molecule has 8 heteroatoms. The smallest absolute Gasteiger partial charge is 0.243 e. The molecule has 0 spiro atoms. The van der Waals surface area contributed by atoms with Gasteiger partial charge in [0.05, 0.1) is 12.6 Å². The van der Waals surface area contributed by atoms with E-state index >= 15 is 0 Å². The van der Waals surface area contributed by atoms with Gasteiger partial charge >= 0.3 is 0 Å². The molecule has 1 fully saturated rings. The van der Waals surface area contributed by atoms with Gasteiger partial charge in [-0.3, -0.25) is 4.79 Å². The van der Waals surface area contributed by atoms with E-state index in [-0.39, 0.29) is 42.5 Å². The number of carbonyl (C=O) groups is 1. The SMILES string of the molecule is CC(NC(=NCC(=O)N(C)C)NCC1CCOC1)c1ccc(Cl)cc1.I. The van der Waals surface area contributed by atoms with Gasteiger partial charge in [-0.25, -0.2) is 4.99 Å². The fourth-order valence-electron chi connectivity index (χ4n) is 2.47. The number of rotatable bonds is 6. The summed E-state index contributed by atoms with van der Waals surface area (Å²) in [5.41, 5.74) is 1.10. The van der Waals surface area contributed by atoms with Crippen molar-refractivity contribution in [3.05, 3.63) is 34.9 Å². The van der Waals surface area contributed by atoms with Crippen molar-refractivity contribution in [2.75, 3.05) is 40.4 Å². The molecule has 1 amide bonds. The Morgan fingerprint density at radius 2 is 2.08 bits per heavy atom. The third-order valence-electron chi connectivity index (χ3n) is 4.18. The van der Waals surface area contributed by atoms with Crippen molar-refractivity contribution in [1.29, 1.82) is 0 Å². The highest BCUT2D eigenvalue weighted by Gasteiger charge is 2.17. The molecule has 0 aromatic heterocycles.